The summed E-state index contributed by atoms with van der Waals surface area (Å²) in [5, 5.41) is 0. The van der Waals surface area contributed by atoms with Crippen LogP contribution in [-0.4, -0.2) is 20.6 Å². The number of rotatable bonds is 4. The van der Waals surface area contributed by atoms with E-state index in [1.54, 1.807) is 12.4 Å². The van der Waals surface area contributed by atoms with Gasteiger partial charge < -0.3 is 9.30 Å². The summed E-state index contributed by atoms with van der Waals surface area (Å²) in [5.41, 5.74) is 5.99. The Morgan fingerprint density at radius 1 is 1.04 bits per heavy atom. The van der Waals surface area contributed by atoms with Crippen molar-refractivity contribution in [3.05, 3.63) is 90.0 Å². The molecule has 0 bridgehead atoms. The Bertz CT molecular complexity index is 1060. The summed E-state index contributed by atoms with van der Waals surface area (Å²) in [6.07, 6.45) is 7.51. The van der Waals surface area contributed by atoms with E-state index < -0.39 is 0 Å². The molecule has 5 rings (SSSR count). The fourth-order valence-corrected chi connectivity index (χ4v) is 3.70. The number of ether oxygens (including phenoxy) is 1. The normalized spacial score (nSPS) is 15.2. The second-order valence-electron chi connectivity index (χ2n) is 6.81. The fraction of sp³-hybridized carbons (Fsp3) is 0.182. The fourth-order valence-electron chi connectivity index (χ4n) is 3.70. The molecule has 4 nitrogen and oxygen atoms in total. The summed E-state index contributed by atoms with van der Waals surface area (Å²) >= 11 is 0. The zero-order chi connectivity index (χ0) is 17.3. The first-order chi connectivity index (χ1) is 12.8. The van der Waals surface area contributed by atoms with Crippen molar-refractivity contribution in [2.45, 2.75) is 25.5 Å². The Hall–Kier alpha value is -2.85. The second-order valence-corrected chi connectivity index (χ2v) is 6.81. The highest BCUT2D eigenvalue weighted by atomic mass is 35.5. The van der Waals surface area contributed by atoms with Crippen LogP contribution in [0.1, 0.15) is 16.7 Å². The summed E-state index contributed by atoms with van der Waals surface area (Å²) in [5.74, 6) is 1.01. The molecule has 0 N–H and O–H groups in total. The predicted octanol–water partition coefficient (Wildman–Crippen LogP) is 4.45. The van der Waals surface area contributed by atoms with Crippen LogP contribution in [0.3, 0.4) is 0 Å². The highest BCUT2D eigenvalue weighted by molar-refractivity contribution is 5.85. The molecule has 5 heteroatoms. The highest BCUT2D eigenvalue weighted by Gasteiger charge is 2.24. The van der Waals surface area contributed by atoms with Crippen molar-refractivity contribution in [1.29, 1.82) is 0 Å². The third-order valence-corrected chi connectivity index (χ3v) is 4.94. The minimum atomic E-state index is 0. The molecule has 0 saturated carbocycles. The number of hydrogen-bond acceptors (Lipinski definition) is 3. The van der Waals surface area contributed by atoms with Gasteiger partial charge in [0.15, 0.2) is 0 Å². The number of fused-ring (bicyclic) bond motifs is 2. The molecule has 3 heterocycles. The first kappa shape index (κ1) is 17.6. The van der Waals surface area contributed by atoms with Crippen LogP contribution in [0.15, 0.2) is 73.3 Å². The van der Waals surface area contributed by atoms with Gasteiger partial charge in [0.2, 0.25) is 0 Å². The van der Waals surface area contributed by atoms with E-state index in [4.69, 9.17) is 4.74 Å². The molecule has 27 heavy (non-hydrogen) atoms. The van der Waals surface area contributed by atoms with E-state index >= 15 is 0 Å². The van der Waals surface area contributed by atoms with Crippen LogP contribution in [0.25, 0.3) is 11.0 Å². The number of benzene rings is 2. The number of aromatic nitrogens is 3. The molecule has 1 aliphatic rings. The summed E-state index contributed by atoms with van der Waals surface area (Å²) in [7, 11) is 0. The molecule has 1 atom stereocenters. The van der Waals surface area contributed by atoms with Gasteiger partial charge in [0.05, 0.1) is 24.6 Å². The first-order valence-corrected chi connectivity index (χ1v) is 8.92. The Balaban J connectivity index is 0.00000180. The van der Waals surface area contributed by atoms with Gasteiger partial charge in [0.1, 0.15) is 17.4 Å². The van der Waals surface area contributed by atoms with Crippen LogP contribution in [-0.2, 0) is 19.4 Å². The van der Waals surface area contributed by atoms with Crippen molar-refractivity contribution < 1.29 is 4.74 Å². The van der Waals surface area contributed by atoms with Crippen molar-refractivity contribution in [3.8, 4) is 5.75 Å². The van der Waals surface area contributed by atoms with Crippen LogP contribution in [0.4, 0.5) is 0 Å². The van der Waals surface area contributed by atoms with Crippen LogP contribution < -0.4 is 4.74 Å². The largest absolute Gasteiger partial charge is 0.488 e. The zero-order valence-corrected chi connectivity index (χ0v) is 15.6. The van der Waals surface area contributed by atoms with E-state index in [9.17, 15) is 0 Å². The summed E-state index contributed by atoms with van der Waals surface area (Å²) in [6.45, 7) is 0.795. The summed E-state index contributed by atoms with van der Waals surface area (Å²) in [6, 6.07) is 19.2. The van der Waals surface area contributed by atoms with Gasteiger partial charge in [-0.15, -0.1) is 12.4 Å². The van der Waals surface area contributed by atoms with E-state index in [1.807, 2.05) is 12.4 Å². The van der Waals surface area contributed by atoms with Crippen molar-refractivity contribution >= 4 is 23.4 Å². The van der Waals surface area contributed by atoms with Crippen molar-refractivity contribution in [2.24, 2.45) is 0 Å². The Labute approximate surface area is 164 Å². The Morgan fingerprint density at radius 3 is 2.81 bits per heavy atom. The molecule has 1 aliphatic heterocycles. The lowest BCUT2D eigenvalue weighted by molar-refractivity contribution is 0.211. The summed E-state index contributed by atoms with van der Waals surface area (Å²) < 4.78 is 8.32. The lowest BCUT2D eigenvalue weighted by Gasteiger charge is -2.12. The minimum absolute atomic E-state index is 0. The van der Waals surface area contributed by atoms with E-state index in [2.05, 4.69) is 63.1 Å². The van der Waals surface area contributed by atoms with Gasteiger partial charge in [-0.05, 0) is 35.2 Å². The molecule has 136 valence electrons. The van der Waals surface area contributed by atoms with Crippen LogP contribution >= 0.6 is 12.4 Å². The molecule has 4 aromatic rings. The third kappa shape index (κ3) is 3.53. The topological polar surface area (TPSA) is 39.9 Å². The van der Waals surface area contributed by atoms with Crippen LogP contribution in [0, 0.1) is 0 Å². The molecule has 0 spiro atoms. The van der Waals surface area contributed by atoms with Crippen LogP contribution in [0.5, 0.6) is 5.75 Å². The number of halogens is 1. The number of hydrogen-bond donors (Lipinski definition) is 0. The predicted molar refractivity (Wildman–Crippen MR) is 109 cm³/mol. The molecular formula is C22H20ClN3O. The molecule has 2 aromatic carbocycles. The van der Waals surface area contributed by atoms with Crippen LogP contribution in [0.2, 0.25) is 0 Å². The minimum Gasteiger partial charge on any atom is -0.488 e. The smallest absolute Gasteiger partial charge is 0.123 e. The van der Waals surface area contributed by atoms with E-state index in [0.29, 0.717) is 0 Å². The molecular weight excluding hydrogens is 358 g/mol. The van der Waals surface area contributed by atoms with Gasteiger partial charge in [-0.2, -0.15) is 0 Å². The van der Waals surface area contributed by atoms with Gasteiger partial charge in [-0.25, -0.2) is 4.98 Å². The van der Waals surface area contributed by atoms with Gasteiger partial charge in [0, 0.05) is 12.6 Å². The van der Waals surface area contributed by atoms with Crippen molar-refractivity contribution in [1.82, 2.24) is 14.5 Å². The summed E-state index contributed by atoms with van der Waals surface area (Å²) in [4.78, 5) is 8.54. The molecule has 2 aromatic heterocycles. The number of pyridine rings is 1. The molecule has 0 radical (unpaired) electrons. The van der Waals surface area contributed by atoms with Gasteiger partial charge in [-0.3, -0.25) is 4.98 Å². The molecule has 0 saturated heterocycles. The SMILES string of the molecule is Cl.c1ccc(Cc2ccc3c(c2)CC(Cn2cnc4cnccc42)O3)cc1. The average molecular weight is 378 g/mol. The molecule has 0 amide bonds. The maximum atomic E-state index is 6.17. The molecule has 1 unspecified atom stereocenters. The standard InChI is InChI=1S/C22H19N3O.ClH/c1-2-4-16(5-3-1)10-17-6-7-22-18(11-17)12-19(26-22)14-25-15-24-20-13-23-9-8-21(20)25;/h1-9,11,13,15,19H,10,12,14H2;1H. The highest BCUT2D eigenvalue weighted by Crippen LogP contribution is 2.31. The Kier molecular flexibility index (Phi) is 4.82. The van der Waals surface area contributed by atoms with Gasteiger partial charge >= 0.3 is 0 Å². The van der Waals surface area contributed by atoms with E-state index in [-0.39, 0.29) is 18.5 Å². The Morgan fingerprint density at radius 2 is 1.93 bits per heavy atom. The lowest BCUT2D eigenvalue weighted by atomic mass is 10.0. The third-order valence-electron chi connectivity index (χ3n) is 4.94. The maximum Gasteiger partial charge on any atom is 0.123 e. The number of imidazole rings is 1. The number of nitrogens with zero attached hydrogens (tertiary/aromatic N) is 3. The monoisotopic (exact) mass is 377 g/mol. The second kappa shape index (κ2) is 7.41. The van der Waals surface area contributed by atoms with Gasteiger partial charge in [-0.1, -0.05) is 42.5 Å². The quantitative estimate of drug-likeness (QED) is 0.527. The van der Waals surface area contributed by atoms with E-state index in [0.717, 1.165) is 36.2 Å². The average Bonchev–Trinajstić information content (AvgIpc) is 3.26. The zero-order valence-electron chi connectivity index (χ0n) is 14.8. The molecule has 0 aliphatic carbocycles. The maximum absolute atomic E-state index is 6.17. The lowest BCUT2D eigenvalue weighted by Crippen LogP contribution is -2.20. The first-order valence-electron chi connectivity index (χ1n) is 8.92. The van der Waals surface area contributed by atoms with Gasteiger partial charge in [0.25, 0.3) is 0 Å². The van der Waals surface area contributed by atoms with E-state index in [1.165, 1.54) is 16.7 Å². The van der Waals surface area contributed by atoms with Crippen molar-refractivity contribution in [3.63, 3.8) is 0 Å². The van der Waals surface area contributed by atoms with Crippen molar-refractivity contribution in [2.75, 3.05) is 0 Å². The molecule has 0 fully saturated rings.